The van der Waals surface area contributed by atoms with Gasteiger partial charge in [0.15, 0.2) is 5.65 Å². The lowest BCUT2D eigenvalue weighted by Gasteiger charge is -2.17. The third kappa shape index (κ3) is 4.81. The van der Waals surface area contributed by atoms with Crippen molar-refractivity contribution in [3.8, 4) is 5.88 Å². The number of ether oxygens (including phenoxy) is 1. The summed E-state index contributed by atoms with van der Waals surface area (Å²) < 4.78 is 7.70. The molecule has 0 aromatic carbocycles. The number of nitrogens with zero attached hydrogens (tertiary/aromatic N) is 9. The number of hydrogen-bond donors (Lipinski definition) is 1. The van der Waals surface area contributed by atoms with Crippen LogP contribution in [0.15, 0.2) is 36.9 Å². The number of aromatic nitrogens is 7. The van der Waals surface area contributed by atoms with E-state index in [1.165, 1.54) is 18.1 Å². The van der Waals surface area contributed by atoms with Crippen molar-refractivity contribution in [2.75, 3.05) is 23.8 Å². The molecular weight excluding hydrogens is 528 g/mol. The lowest BCUT2D eigenvalue weighted by Crippen LogP contribution is -2.30. The molecule has 4 aromatic heterocycles. The Hall–Kier alpha value is -5.01. The average Bonchev–Trinajstić information content (AvgIpc) is 3.89. The van der Waals surface area contributed by atoms with Gasteiger partial charge in [0.25, 0.3) is 5.95 Å². The minimum absolute atomic E-state index is 0.0292. The molecule has 0 spiro atoms. The van der Waals surface area contributed by atoms with Crippen molar-refractivity contribution in [2.24, 2.45) is 5.92 Å². The molecule has 14 heteroatoms. The fourth-order valence-corrected chi connectivity index (χ4v) is 5.02. The van der Waals surface area contributed by atoms with Gasteiger partial charge >= 0.3 is 6.03 Å². The van der Waals surface area contributed by atoms with Crippen LogP contribution < -0.4 is 15.0 Å². The Balaban J connectivity index is 1.05. The fraction of sp³-hybridized carbons (Fsp3) is 0.370. The van der Waals surface area contributed by atoms with E-state index in [4.69, 9.17) is 9.72 Å². The summed E-state index contributed by atoms with van der Waals surface area (Å²) in [6.45, 7) is 1.92. The van der Waals surface area contributed by atoms with Gasteiger partial charge in [-0.1, -0.05) is 0 Å². The standard InChI is InChI=1S/C27H26N10O4/c1-14-5-6-28-23(30-14)18-8-19(18)25(39)33-26-32-21(9-29-34-26)41-13-17-11-36-10-16(15-3-4-15)7-20(24(36)31-17)37-12-22(38)35(2)27(37)40/h5-7,9-11,15,18-19H,3-4,8,12-13H2,1-2H3,(H,32,33,34,39). The van der Waals surface area contributed by atoms with Crippen molar-refractivity contribution in [3.63, 3.8) is 0 Å². The first kappa shape index (κ1) is 25.0. The number of anilines is 2. The zero-order valence-corrected chi connectivity index (χ0v) is 22.4. The second kappa shape index (κ2) is 9.57. The summed E-state index contributed by atoms with van der Waals surface area (Å²) >= 11 is 0. The third-order valence-corrected chi connectivity index (χ3v) is 7.54. The summed E-state index contributed by atoms with van der Waals surface area (Å²) in [7, 11) is 1.48. The Morgan fingerprint density at radius 1 is 1.17 bits per heavy atom. The predicted octanol–water partition coefficient (Wildman–Crippen LogP) is 2.21. The molecule has 14 nitrogen and oxygen atoms in total. The Labute approximate surface area is 233 Å². The topological polar surface area (TPSA) is 161 Å². The number of aryl methyl sites for hydroxylation is 1. The Kier molecular flexibility index (Phi) is 5.83. The molecular formula is C27H26N10O4. The molecule has 1 saturated heterocycles. The van der Waals surface area contributed by atoms with Crippen molar-refractivity contribution in [2.45, 2.75) is 44.6 Å². The number of pyridine rings is 1. The van der Waals surface area contributed by atoms with Gasteiger partial charge in [0, 0.05) is 43.2 Å². The van der Waals surface area contributed by atoms with E-state index < -0.39 is 0 Å². The molecule has 4 amide bonds. The van der Waals surface area contributed by atoms with E-state index in [1.54, 1.807) is 6.20 Å². The summed E-state index contributed by atoms with van der Waals surface area (Å²) in [5.74, 6) is 0.529. The third-order valence-electron chi connectivity index (χ3n) is 7.54. The van der Waals surface area contributed by atoms with Gasteiger partial charge in [0.2, 0.25) is 17.7 Å². The predicted molar refractivity (Wildman–Crippen MR) is 143 cm³/mol. The van der Waals surface area contributed by atoms with Gasteiger partial charge in [-0.15, -0.1) is 10.2 Å². The van der Waals surface area contributed by atoms with E-state index in [-0.39, 0.29) is 54.7 Å². The summed E-state index contributed by atoms with van der Waals surface area (Å²) in [4.78, 5) is 57.9. The molecule has 4 aromatic rings. The van der Waals surface area contributed by atoms with Crippen molar-refractivity contribution >= 4 is 35.1 Å². The van der Waals surface area contributed by atoms with E-state index in [2.05, 4.69) is 30.5 Å². The highest BCUT2D eigenvalue weighted by molar-refractivity contribution is 6.13. The number of carbonyl (C=O) groups excluding carboxylic acids is 3. The first-order chi connectivity index (χ1) is 19.8. The Bertz CT molecular complexity index is 1720. The van der Waals surface area contributed by atoms with E-state index in [0.29, 0.717) is 35.2 Å². The molecule has 2 saturated carbocycles. The van der Waals surface area contributed by atoms with Crippen LogP contribution in [0.4, 0.5) is 16.4 Å². The molecule has 5 heterocycles. The number of nitrogens with one attached hydrogen (secondary N) is 1. The number of urea groups is 1. The molecule has 0 radical (unpaired) electrons. The molecule has 0 bridgehead atoms. The summed E-state index contributed by atoms with van der Waals surface area (Å²) in [5.41, 5.74) is 3.69. The summed E-state index contributed by atoms with van der Waals surface area (Å²) in [5, 5.41) is 10.5. The number of rotatable bonds is 8. The van der Waals surface area contributed by atoms with Gasteiger partial charge in [-0.25, -0.2) is 19.7 Å². The molecule has 3 aliphatic rings. The lowest BCUT2D eigenvalue weighted by atomic mass is 10.1. The van der Waals surface area contributed by atoms with Gasteiger partial charge in [0.05, 0.1) is 11.4 Å². The maximum atomic E-state index is 12.7. The maximum Gasteiger partial charge on any atom is 0.331 e. The minimum atomic E-state index is -0.379. The highest BCUT2D eigenvalue weighted by Gasteiger charge is 2.46. The van der Waals surface area contributed by atoms with Crippen LogP contribution in [0.3, 0.4) is 0 Å². The molecule has 1 N–H and O–H groups in total. The van der Waals surface area contributed by atoms with Gasteiger partial charge in [-0.2, -0.15) is 4.98 Å². The van der Waals surface area contributed by atoms with E-state index in [0.717, 1.165) is 29.0 Å². The smallest absolute Gasteiger partial charge is 0.331 e. The van der Waals surface area contributed by atoms with Crippen LogP contribution in [0.25, 0.3) is 5.65 Å². The number of amides is 4. The molecule has 41 heavy (non-hydrogen) atoms. The van der Waals surface area contributed by atoms with Crippen molar-refractivity contribution in [3.05, 3.63) is 59.7 Å². The Morgan fingerprint density at radius 3 is 2.78 bits per heavy atom. The van der Waals surface area contributed by atoms with E-state index in [9.17, 15) is 14.4 Å². The van der Waals surface area contributed by atoms with Crippen LogP contribution in [-0.4, -0.2) is 70.9 Å². The van der Waals surface area contributed by atoms with Gasteiger partial charge in [-0.3, -0.25) is 24.7 Å². The number of fused-ring (bicyclic) bond motifs is 1. The zero-order chi connectivity index (χ0) is 28.2. The highest BCUT2D eigenvalue weighted by atomic mass is 16.5. The largest absolute Gasteiger partial charge is 0.470 e. The fourth-order valence-electron chi connectivity index (χ4n) is 5.02. The normalized spacial score (nSPS) is 20.1. The Morgan fingerprint density at radius 2 is 2.02 bits per heavy atom. The van der Waals surface area contributed by atoms with Crippen LogP contribution in [0.5, 0.6) is 5.88 Å². The number of likely N-dealkylation sites (N-methyl/N-ethyl adjacent to an activating group) is 1. The zero-order valence-electron chi connectivity index (χ0n) is 22.4. The van der Waals surface area contributed by atoms with Crippen LogP contribution in [0.1, 0.15) is 53.9 Å². The summed E-state index contributed by atoms with van der Waals surface area (Å²) in [6.07, 6.45) is 9.71. The van der Waals surface area contributed by atoms with Crippen LogP contribution in [0, 0.1) is 12.8 Å². The van der Waals surface area contributed by atoms with Crippen LogP contribution in [-0.2, 0) is 16.2 Å². The molecule has 2 aliphatic carbocycles. The number of carbonyl (C=O) groups is 3. The minimum Gasteiger partial charge on any atom is -0.470 e. The van der Waals surface area contributed by atoms with Gasteiger partial charge in [-0.05, 0) is 49.8 Å². The van der Waals surface area contributed by atoms with E-state index in [1.807, 2.05) is 35.9 Å². The monoisotopic (exact) mass is 554 g/mol. The molecule has 3 fully saturated rings. The molecule has 7 rings (SSSR count). The number of hydrogen-bond acceptors (Lipinski definition) is 10. The first-order valence-electron chi connectivity index (χ1n) is 13.4. The van der Waals surface area contributed by atoms with Gasteiger partial charge in [0.1, 0.15) is 25.2 Å². The van der Waals surface area contributed by atoms with E-state index >= 15 is 0 Å². The molecule has 2 atom stereocenters. The SMILES string of the molecule is Cc1ccnc(C2CC2C(=O)Nc2nncc(OCc3cn4cc(C5CC5)cc(N5CC(=O)N(C)C5=O)c4n3)n2)n1. The summed E-state index contributed by atoms with van der Waals surface area (Å²) in [6, 6.07) is 3.39. The molecule has 1 aliphatic heterocycles. The second-order valence-corrected chi connectivity index (χ2v) is 10.6. The lowest BCUT2D eigenvalue weighted by molar-refractivity contribution is -0.124. The van der Waals surface area contributed by atoms with Crippen molar-refractivity contribution < 1.29 is 19.1 Å². The number of imide groups is 1. The quantitative estimate of drug-likeness (QED) is 0.320. The van der Waals surface area contributed by atoms with Crippen molar-refractivity contribution in [1.82, 2.24) is 39.4 Å². The van der Waals surface area contributed by atoms with Crippen LogP contribution in [0.2, 0.25) is 0 Å². The maximum absolute atomic E-state index is 12.7. The van der Waals surface area contributed by atoms with Crippen LogP contribution >= 0.6 is 0 Å². The van der Waals surface area contributed by atoms with Gasteiger partial charge < -0.3 is 9.14 Å². The second-order valence-electron chi connectivity index (χ2n) is 10.6. The number of imidazole rings is 1. The van der Waals surface area contributed by atoms with Crippen molar-refractivity contribution in [1.29, 1.82) is 0 Å². The molecule has 208 valence electrons. The molecule has 2 unspecified atom stereocenters. The highest BCUT2D eigenvalue weighted by Crippen LogP contribution is 2.46. The first-order valence-corrected chi connectivity index (χ1v) is 13.4. The average molecular weight is 555 g/mol.